The Morgan fingerprint density at radius 1 is 0.889 bits per heavy atom. The average Bonchev–Trinajstić information content (AvgIpc) is 3.00. The number of rotatable bonds is 3. The number of para-hydroxylation sites is 1. The van der Waals surface area contributed by atoms with Crippen molar-refractivity contribution in [2.45, 2.75) is 13.8 Å². The van der Waals surface area contributed by atoms with Crippen LogP contribution in [0.4, 0.5) is 11.4 Å². The van der Waals surface area contributed by atoms with Crippen LogP contribution in [0.3, 0.4) is 0 Å². The summed E-state index contributed by atoms with van der Waals surface area (Å²) in [6.07, 6.45) is 0. The van der Waals surface area contributed by atoms with Gasteiger partial charge in [-0.3, -0.25) is 0 Å². The molecule has 1 heterocycles. The van der Waals surface area contributed by atoms with E-state index in [2.05, 4.69) is 36.6 Å². The topological polar surface area (TPSA) is 46.4 Å². The third kappa shape index (κ3) is 3.34. The first-order valence-electron chi connectivity index (χ1n) is 8.69. The van der Waals surface area contributed by atoms with Crippen LogP contribution in [0.1, 0.15) is 11.1 Å². The van der Waals surface area contributed by atoms with Gasteiger partial charge < -0.3 is 19.8 Å². The van der Waals surface area contributed by atoms with E-state index >= 15 is 0 Å². The molecule has 2 N–H and O–H groups in total. The summed E-state index contributed by atoms with van der Waals surface area (Å²) in [6, 6.07) is 18.1. The highest BCUT2D eigenvalue weighted by Gasteiger charge is 2.13. The summed E-state index contributed by atoms with van der Waals surface area (Å²) in [6.45, 7) is 4.12. The fraction of sp³-hybridized carbons (Fsp3) is 0.136. The molecule has 0 fully saturated rings. The highest BCUT2D eigenvalue weighted by atomic mass is 32.1. The van der Waals surface area contributed by atoms with Crippen molar-refractivity contribution in [3.8, 4) is 5.75 Å². The van der Waals surface area contributed by atoms with Gasteiger partial charge in [-0.1, -0.05) is 35.9 Å². The number of benzene rings is 3. The number of hydrogen-bond donors (Lipinski definition) is 2. The van der Waals surface area contributed by atoms with Crippen LogP contribution in [-0.4, -0.2) is 12.2 Å². The molecule has 4 aromatic rings. The first-order chi connectivity index (χ1) is 13.0. The monoisotopic (exact) mass is 376 g/mol. The molecule has 3 aromatic carbocycles. The Morgan fingerprint density at radius 2 is 1.67 bits per heavy atom. The van der Waals surface area contributed by atoms with Gasteiger partial charge in [0.15, 0.2) is 5.11 Å². The van der Waals surface area contributed by atoms with E-state index in [-0.39, 0.29) is 0 Å². The summed E-state index contributed by atoms with van der Waals surface area (Å²) in [7, 11) is 1.65. The van der Waals surface area contributed by atoms with Crippen molar-refractivity contribution in [3.05, 3.63) is 65.7 Å². The van der Waals surface area contributed by atoms with E-state index in [0.29, 0.717) is 10.9 Å². The Labute approximate surface area is 163 Å². The fourth-order valence-electron chi connectivity index (χ4n) is 3.25. The van der Waals surface area contributed by atoms with Gasteiger partial charge in [-0.15, -0.1) is 0 Å². The zero-order valence-corrected chi connectivity index (χ0v) is 16.2. The van der Waals surface area contributed by atoms with Crippen LogP contribution < -0.4 is 15.4 Å². The zero-order valence-electron chi connectivity index (χ0n) is 15.4. The third-order valence-corrected chi connectivity index (χ3v) is 4.78. The molecule has 1 aromatic heterocycles. The summed E-state index contributed by atoms with van der Waals surface area (Å²) in [5.41, 5.74) is 5.72. The number of hydrogen-bond acceptors (Lipinski definition) is 3. The second-order valence-corrected chi connectivity index (χ2v) is 6.95. The molecule has 0 aliphatic carbocycles. The minimum absolute atomic E-state index is 0.496. The van der Waals surface area contributed by atoms with Gasteiger partial charge in [-0.05, 0) is 49.8 Å². The number of aryl methyl sites for hydroxylation is 2. The first-order valence-corrected chi connectivity index (χ1v) is 9.10. The maximum atomic E-state index is 5.97. The van der Waals surface area contributed by atoms with Crippen LogP contribution in [-0.2, 0) is 0 Å². The normalized spacial score (nSPS) is 10.9. The molecule has 4 rings (SSSR count). The van der Waals surface area contributed by atoms with Crippen molar-refractivity contribution in [3.63, 3.8) is 0 Å². The summed E-state index contributed by atoms with van der Waals surface area (Å²) in [5.74, 6) is 0.707. The molecule has 0 aliphatic heterocycles. The maximum Gasteiger partial charge on any atom is 0.175 e. The van der Waals surface area contributed by atoms with Gasteiger partial charge in [0.25, 0.3) is 0 Å². The predicted molar refractivity (Wildman–Crippen MR) is 116 cm³/mol. The van der Waals surface area contributed by atoms with E-state index in [1.165, 1.54) is 5.56 Å². The van der Waals surface area contributed by atoms with Crippen LogP contribution in [0.5, 0.6) is 5.75 Å². The lowest BCUT2D eigenvalue weighted by Crippen LogP contribution is -2.20. The van der Waals surface area contributed by atoms with Crippen molar-refractivity contribution < 1.29 is 9.15 Å². The number of nitrogens with one attached hydrogen (secondary N) is 2. The number of thiocarbonyl (C=S) groups is 1. The van der Waals surface area contributed by atoms with Gasteiger partial charge in [0.05, 0.1) is 12.8 Å². The molecule has 0 bridgehead atoms. The summed E-state index contributed by atoms with van der Waals surface area (Å²) < 4.78 is 11.5. The molecule has 0 atom stereocenters. The van der Waals surface area contributed by atoms with Gasteiger partial charge in [0.1, 0.15) is 16.9 Å². The van der Waals surface area contributed by atoms with E-state index in [1.54, 1.807) is 7.11 Å². The van der Waals surface area contributed by atoms with E-state index in [9.17, 15) is 0 Å². The Bertz CT molecular complexity index is 1160. The Morgan fingerprint density at radius 3 is 2.44 bits per heavy atom. The van der Waals surface area contributed by atoms with Crippen LogP contribution in [0.2, 0.25) is 0 Å². The minimum Gasteiger partial charge on any atom is -0.495 e. The number of furan rings is 1. The number of ether oxygens (including phenoxy) is 1. The largest absolute Gasteiger partial charge is 0.495 e. The Kier molecular flexibility index (Phi) is 4.46. The zero-order chi connectivity index (χ0) is 19.0. The van der Waals surface area contributed by atoms with E-state index < -0.39 is 0 Å². The summed E-state index contributed by atoms with van der Waals surface area (Å²) >= 11 is 5.50. The molecule has 136 valence electrons. The second kappa shape index (κ2) is 6.93. The van der Waals surface area contributed by atoms with Crippen molar-refractivity contribution in [1.82, 2.24) is 0 Å². The van der Waals surface area contributed by atoms with Gasteiger partial charge in [0, 0.05) is 22.5 Å². The molecule has 0 radical (unpaired) electrons. The maximum absolute atomic E-state index is 5.97. The lowest BCUT2D eigenvalue weighted by Gasteiger charge is -2.15. The van der Waals surface area contributed by atoms with Crippen LogP contribution in [0.25, 0.3) is 21.9 Å². The highest BCUT2D eigenvalue weighted by Crippen LogP contribution is 2.36. The van der Waals surface area contributed by atoms with Crippen LogP contribution in [0, 0.1) is 13.8 Å². The molecule has 27 heavy (non-hydrogen) atoms. The van der Waals surface area contributed by atoms with Crippen molar-refractivity contribution in [2.75, 3.05) is 17.7 Å². The first kappa shape index (κ1) is 17.4. The van der Waals surface area contributed by atoms with Gasteiger partial charge in [-0.25, -0.2) is 0 Å². The Balaban J connectivity index is 1.66. The minimum atomic E-state index is 0.496. The fourth-order valence-corrected chi connectivity index (χ4v) is 3.47. The lowest BCUT2D eigenvalue weighted by atomic mass is 10.1. The molecule has 4 nitrogen and oxygen atoms in total. The predicted octanol–water partition coefficient (Wildman–Crippen LogP) is 6.02. The summed E-state index contributed by atoms with van der Waals surface area (Å²) in [5, 5.41) is 9.04. The smallest absolute Gasteiger partial charge is 0.175 e. The third-order valence-electron chi connectivity index (χ3n) is 4.58. The SMILES string of the molecule is COc1cc2c(cc1NC(=S)Nc1ccc(C)cc1C)oc1ccccc12. The number of methoxy groups -OCH3 is 1. The number of fused-ring (bicyclic) bond motifs is 3. The lowest BCUT2D eigenvalue weighted by molar-refractivity contribution is 0.417. The van der Waals surface area contributed by atoms with Crippen LogP contribution in [0.15, 0.2) is 59.0 Å². The second-order valence-electron chi connectivity index (χ2n) is 6.54. The molecule has 0 aliphatic rings. The van der Waals surface area contributed by atoms with Gasteiger partial charge in [-0.2, -0.15) is 0 Å². The molecular formula is C22H20N2O2S. The molecule has 0 spiro atoms. The average molecular weight is 376 g/mol. The molecule has 5 heteroatoms. The molecule has 0 saturated carbocycles. The van der Waals surface area contributed by atoms with Crippen molar-refractivity contribution >= 4 is 50.6 Å². The molecular weight excluding hydrogens is 356 g/mol. The van der Waals surface area contributed by atoms with Gasteiger partial charge in [0.2, 0.25) is 0 Å². The molecule has 0 unspecified atom stereocenters. The van der Waals surface area contributed by atoms with Crippen molar-refractivity contribution in [2.24, 2.45) is 0 Å². The molecule has 0 saturated heterocycles. The van der Waals surface area contributed by atoms with Gasteiger partial charge >= 0.3 is 0 Å². The van der Waals surface area contributed by atoms with E-state index in [4.69, 9.17) is 21.4 Å². The van der Waals surface area contributed by atoms with E-state index in [1.807, 2.05) is 42.5 Å². The molecule has 0 amide bonds. The highest BCUT2D eigenvalue weighted by molar-refractivity contribution is 7.80. The van der Waals surface area contributed by atoms with Crippen LogP contribution >= 0.6 is 12.2 Å². The summed E-state index contributed by atoms with van der Waals surface area (Å²) in [4.78, 5) is 0. The quantitative estimate of drug-likeness (QED) is 0.428. The van der Waals surface area contributed by atoms with E-state index in [0.717, 1.165) is 38.9 Å². The van der Waals surface area contributed by atoms with Crippen molar-refractivity contribution in [1.29, 1.82) is 0 Å². The number of anilines is 2. The standard InChI is InChI=1S/C22H20N2O2S/c1-13-8-9-17(14(2)10-13)23-22(27)24-18-12-20-16(11-21(18)25-3)15-6-4-5-7-19(15)26-20/h4-12H,1-3H3,(H2,23,24,27). The Hall–Kier alpha value is -3.05.